The highest BCUT2D eigenvalue weighted by Gasteiger charge is 2.23. The third-order valence-electron chi connectivity index (χ3n) is 5.60. The van der Waals surface area contributed by atoms with Crippen LogP contribution in [0.1, 0.15) is 30.0 Å². The number of fused-ring (bicyclic) bond motifs is 1. The first kappa shape index (κ1) is 17.8. The summed E-state index contributed by atoms with van der Waals surface area (Å²) in [6.07, 6.45) is 6.33. The standard InChI is InChI=1S/C22H21F2N5/c23-17-11-16(12-18(24)14-17)10-15-2-3-21-20(13-15)22(27-26-21)28-8-4-19(5-9-28)29-7-1-6-25-29/h1-3,6-7,11-14,19H,4-5,8-10H2,(H,26,27). The first-order chi connectivity index (χ1) is 14.2. The molecule has 5 rings (SSSR count). The molecule has 1 aliphatic rings. The summed E-state index contributed by atoms with van der Waals surface area (Å²) in [4.78, 5) is 2.30. The molecule has 1 aliphatic heterocycles. The number of nitrogens with one attached hydrogen (secondary N) is 1. The largest absolute Gasteiger partial charge is 0.354 e. The average Bonchev–Trinajstić information content (AvgIpc) is 3.37. The molecule has 0 amide bonds. The number of piperidine rings is 1. The van der Waals surface area contributed by atoms with Crippen molar-refractivity contribution in [3.05, 3.63) is 77.6 Å². The molecular weight excluding hydrogens is 372 g/mol. The molecule has 0 saturated carbocycles. The van der Waals surface area contributed by atoms with Gasteiger partial charge in [-0.2, -0.15) is 10.2 Å². The van der Waals surface area contributed by atoms with E-state index < -0.39 is 11.6 Å². The number of halogens is 2. The Kier molecular flexibility index (Phi) is 4.50. The second-order valence-electron chi connectivity index (χ2n) is 7.59. The van der Waals surface area contributed by atoms with Gasteiger partial charge in [0.1, 0.15) is 11.6 Å². The quantitative estimate of drug-likeness (QED) is 0.557. The van der Waals surface area contributed by atoms with Crippen LogP contribution in [0, 0.1) is 11.6 Å². The lowest BCUT2D eigenvalue weighted by atomic mass is 10.0. The first-order valence-electron chi connectivity index (χ1n) is 9.82. The molecule has 148 valence electrons. The average molecular weight is 393 g/mol. The van der Waals surface area contributed by atoms with Crippen LogP contribution in [0.5, 0.6) is 0 Å². The van der Waals surface area contributed by atoms with E-state index in [2.05, 4.69) is 26.3 Å². The second kappa shape index (κ2) is 7.31. The van der Waals surface area contributed by atoms with Gasteiger partial charge in [0.25, 0.3) is 0 Å². The maximum absolute atomic E-state index is 13.5. The molecule has 3 heterocycles. The molecule has 29 heavy (non-hydrogen) atoms. The monoisotopic (exact) mass is 393 g/mol. The van der Waals surface area contributed by atoms with Crippen LogP contribution < -0.4 is 4.90 Å². The van der Waals surface area contributed by atoms with Gasteiger partial charge in [0.15, 0.2) is 5.82 Å². The minimum Gasteiger partial charge on any atom is -0.354 e. The smallest absolute Gasteiger partial charge is 0.158 e. The summed E-state index contributed by atoms with van der Waals surface area (Å²) in [5.74, 6) is -0.165. The van der Waals surface area contributed by atoms with Crippen LogP contribution in [0.3, 0.4) is 0 Å². The molecule has 0 spiro atoms. The van der Waals surface area contributed by atoms with Gasteiger partial charge in [-0.1, -0.05) is 6.07 Å². The number of rotatable bonds is 4. The van der Waals surface area contributed by atoms with Gasteiger partial charge in [-0.05, 0) is 60.7 Å². The van der Waals surface area contributed by atoms with Crippen molar-refractivity contribution in [1.82, 2.24) is 20.0 Å². The third-order valence-corrected chi connectivity index (χ3v) is 5.60. The van der Waals surface area contributed by atoms with Crippen molar-refractivity contribution >= 4 is 16.7 Å². The molecule has 5 nitrogen and oxygen atoms in total. The summed E-state index contributed by atoms with van der Waals surface area (Å²) in [5.41, 5.74) is 2.58. The van der Waals surface area contributed by atoms with Crippen LogP contribution in [0.25, 0.3) is 10.9 Å². The Bertz CT molecular complexity index is 1110. The van der Waals surface area contributed by atoms with Gasteiger partial charge in [0.2, 0.25) is 0 Å². The number of hydrogen-bond donors (Lipinski definition) is 1. The Morgan fingerprint density at radius 3 is 2.52 bits per heavy atom. The number of anilines is 1. The highest BCUT2D eigenvalue weighted by molar-refractivity contribution is 5.90. The van der Waals surface area contributed by atoms with Gasteiger partial charge in [0, 0.05) is 36.9 Å². The lowest BCUT2D eigenvalue weighted by Crippen LogP contribution is -2.35. The SMILES string of the molecule is Fc1cc(F)cc(Cc2ccc3[nH]nc(N4CCC(n5cccn5)CC4)c3c2)c1. The molecule has 0 atom stereocenters. The summed E-state index contributed by atoms with van der Waals surface area (Å²) in [5, 5.41) is 13.0. The topological polar surface area (TPSA) is 49.7 Å². The van der Waals surface area contributed by atoms with Crippen molar-refractivity contribution in [2.75, 3.05) is 18.0 Å². The van der Waals surface area contributed by atoms with Crippen molar-refractivity contribution in [3.8, 4) is 0 Å². The van der Waals surface area contributed by atoms with E-state index in [9.17, 15) is 8.78 Å². The molecule has 0 aliphatic carbocycles. The van der Waals surface area contributed by atoms with Crippen LogP contribution in [-0.2, 0) is 6.42 Å². The van der Waals surface area contributed by atoms with E-state index >= 15 is 0 Å². The molecule has 2 aromatic heterocycles. The predicted molar refractivity (Wildman–Crippen MR) is 108 cm³/mol. The van der Waals surface area contributed by atoms with Crippen molar-refractivity contribution in [3.63, 3.8) is 0 Å². The Morgan fingerprint density at radius 1 is 1.00 bits per heavy atom. The highest BCUT2D eigenvalue weighted by atomic mass is 19.1. The van der Waals surface area contributed by atoms with Gasteiger partial charge in [0.05, 0.1) is 11.6 Å². The van der Waals surface area contributed by atoms with Gasteiger partial charge in [-0.15, -0.1) is 0 Å². The van der Waals surface area contributed by atoms with Crippen LogP contribution in [-0.4, -0.2) is 33.1 Å². The van der Waals surface area contributed by atoms with E-state index in [0.29, 0.717) is 18.0 Å². The minimum atomic E-state index is -0.551. The zero-order chi connectivity index (χ0) is 19.8. The van der Waals surface area contributed by atoms with Crippen LogP contribution >= 0.6 is 0 Å². The van der Waals surface area contributed by atoms with Crippen LogP contribution in [0.15, 0.2) is 54.9 Å². The van der Waals surface area contributed by atoms with Gasteiger partial charge in [-0.25, -0.2) is 8.78 Å². The number of aromatic nitrogens is 4. The summed E-state index contributed by atoms with van der Waals surface area (Å²) >= 11 is 0. The summed E-state index contributed by atoms with van der Waals surface area (Å²) < 4.78 is 29.1. The maximum atomic E-state index is 13.5. The van der Waals surface area contributed by atoms with Crippen molar-refractivity contribution in [1.29, 1.82) is 0 Å². The molecule has 7 heteroatoms. The Balaban J connectivity index is 1.37. The van der Waals surface area contributed by atoms with Gasteiger partial charge < -0.3 is 4.90 Å². The summed E-state index contributed by atoms with van der Waals surface area (Å²) in [6, 6.07) is 12.0. The predicted octanol–water partition coefficient (Wildman–Crippen LogP) is 4.47. The molecule has 1 saturated heterocycles. The first-order valence-corrected chi connectivity index (χ1v) is 9.82. The van der Waals surface area contributed by atoms with Gasteiger partial charge >= 0.3 is 0 Å². The highest BCUT2D eigenvalue weighted by Crippen LogP contribution is 2.30. The normalized spacial score (nSPS) is 15.3. The molecule has 0 bridgehead atoms. The fourth-order valence-corrected chi connectivity index (χ4v) is 4.19. The molecular formula is C22H21F2N5. The van der Waals surface area contributed by atoms with Crippen molar-refractivity contribution in [2.24, 2.45) is 0 Å². The number of aromatic amines is 1. The molecule has 1 fully saturated rings. The number of benzene rings is 2. The van der Waals surface area contributed by atoms with Crippen molar-refractivity contribution < 1.29 is 8.78 Å². The lowest BCUT2D eigenvalue weighted by molar-refractivity contribution is 0.366. The van der Waals surface area contributed by atoms with Gasteiger partial charge in [-0.3, -0.25) is 9.78 Å². The molecule has 1 N–H and O–H groups in total. The van der Waals surface area contributed by atoms with E-state index in [4.69, 9.17) is 0 Å². The molecule has 0 unspecified atom stereocenters. The zero-order valence-electron chi connectivity index (χ0n) is 15.9. The lowest BCUT2D eigenvalue weighted by Gasteiger charge is -2.32. The van der Waals surface area contributed by atoms with E-state index in [1.165, 1.54) is 12.1 Å². The zero-order valence-corrected chi connectivity index (χ0v) is 15.9. The van der Waals surface area contributed by atoms with E-state index in [1.807, 2.05) is 35.3 Å². The van der Waals surface area contributed by atoms with E-state index in [1.54, 1.807) is 0 Å². The third kappa shape index (κ3) is 3.60. The second-order valence-corrected chi connectivity index (χ2v) is 7.59. The fraction of sp³-hybridized carbons (Fsp3) is 0.273. The molecule has 2 aromatic carbocycles. The fourth-order valence-electron chi connectivity index (χ4n) is 4.19. The Hall–Kier alpha value is -3.22. The Labute approximate surface area is 167 Å². The summed E-state index contributed by atoms with van der Waals surface area (Å²) in [6.45, 7) is 1.81. The number of nitrogens with zero attached hydrogens (tertiary/aromatic N) is 4. The number of hydrogen-bond acceptors (Lipinski definition) is 3. The maximum Gasteiger partial charge on any atom is 0.158 e. The van der Waals surface area contributed by atoms with Crippen LogP contribution in [0.4, 0.5) is 14.6 Å². The number of H-pyrrole nitrogens is 1. The van der Waals surface area contributed by atoms with Crippen LogP contribution in [0.2, 0.25) is 0 Å². The minimum absolute atomic E-state index is 0.421. The Morgan fingerprint density at radius 2 is 1.79 bits per heavy atom. The van der Waals surface area contributed by atoms with E-state index in [0.717, 1.165) is 54.3 Å². The molecule has 0 radical (unpaired) electrons. The van der Waals surface area contributed by atoms with E-state index in [-0.39, 0.29) is 0 Å². The summed E-state index contributed by atoms with van der Waals surface area (Å²) in [7, 11) is 0. The molecule has 4 aromatic rings. The van der Waals surface area contributed by atoms with Crippen molar-refractivity contribution in [2.45, 2.75) is 25.3 Å².